The molecular formula is C18H26ClN3O2. The Bertz CT molecular complexity index is 599. The Kier molecular flexibility index (Phi) is 6.63. The molecule has 0 aliphatic rings. The minimum atomic E-state index is -0.599. The molecule has 0 radical (unpaired) electrons. The van der Waals surface area contributed by atoms with Crippen LogP contribution in [0.5, 0.6) is 5.75 Å². The Balaban J connectivity index is 2.05. The molecule has 1 aromatic heterocycles. The number of nitrogens with zero attached hydrogens (tertiary/aromatic N) is 3. The summed E-state index contributed by atoms with van der Waals surface area (Å²) >= 11 is 5.89. The van der Waals surface area contributed by atoms with Crippen LogP contribution in [0.3, 0.4) is 0 Å². The van der Waals surface area contributed by atoms with E-state index in [-0.39, 0.29) is 6.04 Å². The summed E-state index contributed by atoms with van der Waals surface area (Å²) in [5.41, 5.74) is -0.440. The van der Waals surface area contributed by atoms with E-state index in [2.05, 4.69) is 17.0 Å². The van der Waals surface area contributed by atoms with Crippen LogP contribution in [0.2, 0.25) is 5.02 Å². The first-order valence-electron chi connectivity index (χ1n) is 8.34. The number of aromatic nitrogens is 3. The van der Waals surface area contributed by atoms with Crippen molar-refractivity contribution in [1.82, 2.24) is 14.8 Å². The molecule has 0 amide bonds. The zero-order valence-corrected chi connectivity index (χ0v) is 15.3. The zero-order valence-electron chi connectivity index (χ0n) is 14.5. The van der Waals surface area contributed by atoms with Gasteiger partial charge in [0.15, 0.2) is 0 Å². The molecule has 1 heterocycles. The van der Waals surface area contributed by atoms with Gasteiger partial charge in [-0.15, -0.1) is 0 Å². The molecule has 0 aliphatic heterocycles. The molecule has 2 aromatic rings. The molecule has 0 spiro atoms. The van der Waals surface area contributed by atoms with E-state index in [1.165, 1.54) is 6.33 Å². The Morgan fingerprint density at radius 1 is 1.29 bits per heavy atom. The number of hydrogen-bond donors (Lipinski definition) is 1. The summed E-state index contributed by atoms with van der Waals surface area (Å²) in [5.74, 6) is 0.741. The normalized spacial score (nSPS) is 14.4. The summed E-state index contributed by atoms with van der Waals surface area (Å²) in [6.45, 7) is 6.54. The fourth-order valence-electron chi connectivity index (χ4n) is 2.64. The highest BCUT2D eigenvalue weighted by Gasteiger charge is 2.36. The topological polar surface area (TPSA) is 60.2 Å². The number of rotatable bonds is 9. The number of halogens is 1. The van der Waals surface area contributed by atoms with Gasteiger partial charge in [0.2, 0.25) is 0 Å². The maximum Gasteiger partial charge on any atom is 0.137 e. The molecule has 0 saturated carbocycles. The lowest BCUT2D eigenvalue weighted by molar-refractivity contribution is -0.0255. The summed E-state index contributed by atoms with van der Waals surface area (Å²) in [6.07, 6.45) is 5.52. The van der Waals surface area contributed by atoms with Crippen molar-refractivity contribution >= 4 is 11.6 Å². The minimum absolute atomic E-state index is 0.115. The first-order valence-corrected chi connectivity index (χ1v) is 8.72. The van der Waals surface area contributed by atoms with Gasteiger partial charge in [0.05, 0.1) is 18.8 Å². The summed E-state index contributed by atoms with van der Waals surface area (Å²) in [4.78, 5) is 4.01. The molecule has 0 bridgehead atoms. The van der Waals surface area contributed by atoms with Gasteiger partial charge in [-0.25, -0.2) is 9.67 Å². The van der Waals surface area contributed by atoms with Gasteiger partial charge in [0.25, 0.3) is 0 Å². The third-order valence-corrected chi connectivity index (χ3v) is 4.47. The largest absolute Gasteiger partial charge is 0.493 e. The lowest BCUT2D eigenvalue weighted by Crippen LogP contribution is -2.41. The summed E-state index contributed by atoms with van der Waals surface area (Å²) in [6, 6.07) is 7.13. The van der Waals surface area contributed by atoms with E-state index in [4.69, 9.17) is 16.3 Å². The van der Waals surface area contributed by atoms with Crippen molar-refractivity contribution in [3.05, 3.63) is 41.9 Å². The number of benzene rings is 1. The molecule has 0 saturated heterocycles. The second kappa shape index (κ2) is 8.49. The van der Waals surface area contributed by atoms with Gasteiger partial charge < -0.3 is 9.84 Å². The predicted octanol–water partition coefficient (Wildman–Crippen LogP) is 4.13. The maximum absolute atomic E-state index is 11.0. The molecule has 132 valence electrons. The molecule has 2 atom stereocenters. The number of aliphatic hydroxyl groups is 1. The zero-order chi connectivity index (χ0) is 17.6. The Morgan fingerprint density at radius 3 is 2.58 bits per heavy atom. The molecule has 24 heavy (non-hydrogen) atoms. The second-order valence-electron chi connectivity index (χ2n) is 6.76. The van der Waals surface area contributed by atoms with E-state index >= 15 is 0 Å². The average Bonchev–Trinajstić information content (AvgIpc) is 3.09. The van der Waals surface area contributed by atoms with Crippen LogP contribution >= 0.6 is 11.6 Å². The Hall–Kier alpha value is -1.59. The van der Waals surface area contributed by atoms with Crippen LogP contribution in [0.25, 0.3) is 0 Å². The van der Waals surface area contributed by atoms with Gasteiger partial charge in [0.1, 0.15) is 18.4 Å². The average molecular weight is 352 g/mol. The highest BCUT2D eigenvalue weighted by molar-refractivity contribution is 6.30. The van der Waals surface area contributed by atoms with Crippen LogP contribution in [0.15, 0.2) is 36.9 Å². The van der Waals surface area contributed by atoms with Crippen molar-refractivity contribution in [3.63, 3.8) is 0 Å². The van der Waals surface area contributed by atoms with Gasteiger partial charge >= 0.3 is 0 Å². The summed E-state index contributed by atoms with van der Waals surface area (Å²) in [5, 5.41) is 15.9. The smallest absolute Gasteiger partial charge is 0.137 e. The number of hydrogen-bond acceptors (Lipinski definition) is 4. The first-order chi connectivity index (χ1) is 11.4. The molecule has 0 fully saturated rings. The van der Waals surface area contributed by atoms with Gasteiger partial charge in [-0.1, -0.05) is 45.2 Å². The second-order valence-corrected chi connectivity index (χ2v) is 7.20. The predicted molar refractivity (Wildman–Crippen MR) is 95.3 cm³/mol. The van der Waals surface area contributed by atoms with E-state index in [9.17, 15) is 5.11 Å². The van der Waals surface area contributed by atoms with E-state index in [1.807, 2.05) is 26.0 Å². The third kappa shape index (κ3) is 4.95. The molecule has 1 N–H and O–H groups in total. The van der Waals surface area contributed by atoms with Crippen molar-refractivity contribution in [2.45, 2.75) is 52.2 Å². The van der Waals surface area contributed by atoms with Crippen molar-refractivity contribution in [2.24, 2.45) is 5.41 Å². The van der Waals surface area contributed by atoms with Gasteiger partial charge in [-0.3, -0.25) is 0 Å². The lowest BCUT2D eigenvalue weighted by Gasteiger charge is -2.35. The van der Waals surface area contributed by atoms with Gasteiger partial charge in [-0.05, 0) is 30.7 Å². The Labute approximate surface area is 148 Å². The number of unbranched alkanes of at least 4 members (excludes halogenated alkanes) is 1. The SMILES string of the molecule is CCCCC(C(O)C(C)(C)COc1ccc(Cl)cc1)n1cncn1. The number of aliphatic hydroxyl groups excluding tert-OH is 1. The van der Waals surface area contributed by atoms with Crippen LogP contribution in [0.4, 0.5) is 0 Å². The Morgan fingerprint density at radius 2 is 2.00 bits per heavy atom. The van der Waals surface area contributed by atoms with E-state index in [0.717, 1.165) is 25.0 Å². The van der Waals surface area contributed by atoms with E-state index in [1.54, 1.807) is 23.1 Å². The van der Waals surface area contributed by atoms with Crippen LogP contribution < -0.4 is 4.74 Å². The van der Waals surface area contributed by atoms with Crippen LogP contribution in [-0.4, -0.2) is 32.6 Å². The van der Waals surface area contributed by atoms with E-state index in [0.29, 0.717) is 11.6 Å². The maximum atomic E-state index is 11.0. The fraction of sp³-hybridized carbons (Fsp3) is 0.556. The highest BCUT2D eigenvalue weighted by Crippen LogP contribution is 2.32. The first kappa shape index (κ1) is 18.7. The van der Waals surface area contributed by atoms with E-state index < -0.39 is 11.5 Å². The molecule has 2 rings (SSSR count). The van der Waals surface area contributed by atoms with Crippen molar-refractivity contribution in [1.29, 1.82) is 0 Å². The fourth-order valence-corrected chi connectivity index (χ4v) is 2.77. The molecule has 5 nitrogen and oxygen atoms in total. The lowest BCUT2D eigenvalue weighted by atomic mass is 9.81. The quantitative estimate of drug-likeness (QED) is 0.738. The van der Waals surface area contributed by atoms with Crippen molar-refractivity contribution < 1.29 is 9.84 Å². The van der Waals surface area contributed by atoms with Crippen LogP contribution in [0, 0.1) is 5.41 Å². The standard InChI is InChI=1S/C18H26ClN3O2/c1-4-5-6-16(22-13-20-12-21-22)17(23)18(2,3)11-24-15-9-7-14(19)8-10-15/h7-10,12-13,16-17,23H,4-6,11H2,1-3H3. The summed E-state index contributed by atoms with van der Waals surface area (Å²) in [7, 11) is 0. The summed E-state index contributed by atoms with van der Waals surface area (Å²) < 4.78 is 7.61. The molecule has 1 aromatic carbocycles. The van der Waals surface area contributed by atoms with Gasteiger partial charge in [-0.2, -0.15) is 5.10 Å². The van der Waals surface area contributed by atoms with Crippen molar-refractivity contribution in [3.8, 4) is 5.75 Å². The molecule has 6 heteroatoms. The molecule has 0 aliphatic carbocycles. The highest BCUT2D eigenvalue weighted by atomic mass is 35.5. The van der Waals surface area contributed by atoms with Crippen LogP contribution in [0.1, 0.15) is 46.1 Å². The minimum Gasteiger partial charge on any atom is -0.493 e. The monoisotopic (exact) mass is 351 g/mol. The molecular weight excluding hydrogens is 326 g/mol. The third-order valence-electron chi connectivity index (χ3n) is 4.22. The number of ether oxygens (including phenoxy) is 1. The van der Waals surface area contributed by atoms with Crippen molar-refractivity contribution in [2.75, 3.05) is 6.61 Å². The van der Waals surface area contributed by atoms with Gasteiger partial charge in [0, 0.05) is 10.4 Å². The van der Waals surface area contributed by atoms with Crippen LogP contribution in [-0.2, 0) is 0 Å². The molecule has 2 unspecified atom stereocenters.